The zero-order chi connectivity index (χ0) is 13.0. The minimum Gasteiger partial charge on any atom is -0.341 e. The van der Waals surface area contributed by atoms with E-state index in [9.17, 15) is 4.79 Å². The van der Waals surface area contributed by atoms with Gasteiger partial charge in [0.05, 0.1) is 0 Å². The topological polar surface area (TPSA) is 35.6 Å². The fourth-order valence-electron chi connectivity index (χ4n) is 2.64. The maximum Gasteiger partial charge on any atom is 0.224 e. The smallest absolute Gasteiger partial charge is 0.224 e. The van der Waals surface area contributed by atoms with Crippen molar-refractivity contribution in [2.45, 2.75) is 39.3 Å². The quantitative estimate of drug-likeness (QED) is 0.773. The van der Waals surface area contributed by atoms with E-state index in [2.05, 4.69) is 45.1 Å². The highest BCUT2D eigenvalue weighted by Gasteiger charge is 2.33. The summed E-state index contributed by atoms with van der Waals surface area (Å²) >= 11 is 0. The average Bonchev–Trinajstić information content (AvgIpc) is 2.60. The monoisotopic (exact) mass is 241 g/mol. The average molecular weight is 241 g/mol. The third-order valence-electron chi connectivity index (χ3n) is 3.62. The Hall–Kier alpha value is -0.610. The largest absolute Gasteiger partial charge is 0.341 e. The van der Waals surface area contributed by atoms with Gasteiger partial charge in [0.25, 0.3) is 0 Å². The SMILES string of the molecule is CCNC(C)CC(=O)N1CC(C)C(N(C)C)C1. The maximum atomic E-state index is 12.1. The van der Waals surface area contributed by atoms with E-state index in [1.807, 2.05) is 4.90 Å². The Balaban J connectivity index is 2.44. The van der Waals surface area contributed by atoms with Gasteiger partial charge in [-0.05, 0) is 33.5 Å². The molecule has 1 fully saturated rings. The summed E-state index contributed by atoms with van der Waals surface area (Å²) in [6, 6.07) is 0.787. The zero-order valence-electron chi connectivity index (χ0n) is 11.9. The summed E-state index contributed by atoms with van der Waals surface area (Å²) in [6.45, 7) is 9.08. The van der Waals surface area contributed by atoms with Gasteiger partial charge in [0.15, 0.2) is 0 Å². The summed E-state index contributed by atoms with van der Waals surface area (Å²) in [5.41, 5.74) is 0. The number of rotatable bonds is 5. The molecule has 100 valence electrons. The van der Waals surface area contributed by atoms with Crippen molar-refractivity contribution in [2.24, 2.45) is 5.92 Å². The molecule has 0 aromatic carbocycles. The van der Waals surface area contributed by atoms with Crippen LogP contribution in [0.1, 0.15) is 27.2 Å². The molecule has 1 amide bonds. The molecular weight excluding hydrogens is 214 g/mol. The normalized spacial score (nSPS) is 26.6. The van der Waals surface area contributed by atoms with Crippen molar-refractivity contribution >= 4 is 5.91 Å². The number of amides is 1. The van der Waals surface area contributed by atoms with E-state index in [-0.39, 0.29) is 11.9 Å². The lowest BCUT2D eigenvalue weighted by Crippen LogP contribution is -2.38. The summed E-state index contributed by atoms with van der Waals surface area (Å²) in [6.07, 6.45) is 0.612. The van der Waals surface area contributed by atoms with E-state index >= 15 is 0 Å². The molecule has 3 unspecified atom stereocenters. The number of nitrogens with one attached hydrogen (secondary N) is 1. The third-order valence-corrected chi connectivity index (χ3v) is 3.62. The Kier molecular flexibility index (Phi) is 5.40. The number of carbonyl (C=O) groups is 1. The molecule has 3 atom stereocenters. The Morgan fingerprint density at radius 3 is 2.59 bits per heavy atom. The predicted molar refractivity (Wildman–Crippen MR) is 71.0 cm³/mol. The van der Waals surface area contributed by atoms with Crippen molar-refractivity contribution in [3.63, 3.8) is 0 Å². The summed E-state index contributed by atoms with van der Waals surface area (Å²) in [4.78, 5) is 16.4. The molecule has 0 spiro atoms. The second-order valence-corrected chi connectivity index (χ2v) is 5.47. The van der Waals surface area contributed by atoms with Crippen molar-refractivity contribution in [3.05, 3.63) is 0 Å². The van der Waals surface area contributed by atoms with E-state index in [1.165, 1.54) is 0 Å². The van der Waals surface area contributed by atoms with Crippen molar-refractivity contribution in [2.75, 3.05) is 33.7 Å². The van der Waals surface area contributed by atoms with Crippen LogP contribution in [0.3, 0.4) is 0 Å². The van der Waals surface area contributed by atoms with E-state index < -0.39 is 0 Å². The van der Waals surface area contributed by atoms with Crippen LogP contribution in [-0.2, 0) is 4.79 Å². The van der Waals surface area contributed by atoms with Gasteiger partial charge in [-0.1, -0.05) is 13.8 Å². The molecule has 0 aromatic rings. The van der Waals surface area contributed by atoms with Crippen LogP contribution in [0.15, 0.2) is 0 Å². The molecule has 17 heavy (non-hydrogen) atoms. The molecule has 1 aliphatic rings. The number of hydrogen-bond donors (Lipinski definition) is 1. The molecule has 1 aliphatic heterocycles. The van der Waals surface area contributed by atoms with Gasteiger partial charge >= 0.3 is 0 Å². The van der Waals surface area contributed by atoms with Gasteiger partial charge in [0, 0.05) is 31.6 Å². The van der Waals surface area contributed by atoms with Crippen molar-refractivity contribution in [3.8, 4) is 0 Å². The second-order valence-electron chi connectivity index (χ2n) is 5.47. The van der Waals surface area contributed by atoms with Gasteiger partial charge in [-0.2, -0.15) is 0 Å². The molecule has 4 heteroatoms. The fourth-order valence-corrected chi connectivity index (χ4v) is 2.64. The van der Waals surface area contributed by atoms with E-state index in [1.54, 1.807) is 0 Å². The first-order chi connectivity index (χ1) is 7.95. The van der Waals surface area contributed by atoms with E-state index in [0.29, 0.717) is 18.4 Å². The minimum atomic E-state index is 0.279. The van der Waals surface area contributed by atoms with Crippen LogP contribution in [0.25, 0.3) is 0 Å². The summed E-state index contributed by atoms with van der Waals surface area (Å²) in [5.74, 6) is 0.859. The first-order valence-corrected chi connectivity index (χ1v) is 6.63. The Labute approximate surface area is 105 Å². The molecule has 1 rings (SSSR count). The van der Waals surface area contributed by atoms with Crippen LogP contribution in [0.5, 0.6) is 0 Å². The van der Waals surface area contributed by atoms with Crippen LogP contribution >= 0.6 is 0 Å². The summed E-state index contributed by atoms with van der Waals surface area (Å²) in [5, 5.41) is 3.29. The standard InChI is InChI=1S/C13H27N3O/c1-6-14-11(3)7-13(17)16-8-10(2)12(9-16)15(4)5/h10-12,14H,6-9H2,1-5H3. The maximum absolute atomic E-state index is 12.1. The van der Waals surface area contributed by atoms with Crippen LogP contribution in [0, 0.1) is 5.92 Å². The number of nitrogens with zero attached hydrogens (tertiary/aromatic N) is 2. The highest BCUT2D eigenvalue weighted by molar-refractivity contribution is 5.77. The molecule has 1 heterocycles. The fraction of sp³-hybridized carbons (Fsp3) is 0.923. The number of likely N-dealkylation sites (N-methyl/N-ethyl adjacent to an activating group) is 1. The van der Waals surface area contributed by atoms with Crippen LogP contribution in [-0.4, -0.2) is 61.5 Å². The molecular formula is C13H27N3O. The van der Waals surface area contributed by atoms with Crippen molar-refractivity contribution in [1.29, 1.82) is 0 Å². The molecule has 4 nitrogen and oxygen atoms in total. The van der Waals surface area contributed by atoms with Crippen LogP contribution in [0.4, 0.5) is 0 Å². The third kappa shape index (κ3) is 3.96. The van der Waals surface area contributed by atoms with Crippen molar-refractivity contribution < 1.29 is 4.79 Å². The number of hydrogen-bond acceptors (Lipinski definition) is 3. The van der Waals surface area contributed by atoms with Crippen LogP contribution in [0.2, 0.25) is 0 Å². The molecule has 0 saturated carbocycles. The first-order valence-electron chi connectivity index (χ1n) is 6.63. The second kappa shape index (κ2) is 6.36. The molecule has 0 aliphatic carbocycles. The first kappa shape index (κ1) is 14.5. The summed E-state index contributed by atoms with van der Waals surface area (Å²) < 4.78 is 0. The number of likely N-dealkylation sites (tertiary alicyclic amines) is 1. The van der Waals surface area contributed by atoms with Crippen LogP contribution < -0.4 is 5.32 Å². The number of carbonyl (C=O) groups excluding carboxylic acids is 1. The Morgan fingerprint density at radius 1 is 1.47 bits per heavy atom. The van der Waals surface area contributed by atoms with E-state index in [0.717, 1.165) is 19.6 Å². The molecule has 0 aromatic heterocycles. The van der Waals surface area contributed by atoms with Gasteiger partial charge in [-0.3, -0.25) is 4.79 Å². The van der Waals surface area contributed by atoms with E-state index in [4.69, 9.17) is 0 Å². The Morgan fingerprint density at radius 2 is 2.12 bits per heavy atom. The van der Waals surface area contributed by atoms with Gasteiger partial charge in [0.2, 0.25) is 5.91 Å². The molecule has 0 radical (unpaired) electrons. The minimum absolute atomic E-state index is 0.279. The molecule has 1 N–H and O–H groups in total. The zero-order valence-corrected chi connectivity index (χ0v) is 11.9. The van der Waals surface area contributed by atoms with Crippen molar-refractivity contribution in [1.82, 2.24) is 15.1 Å². The van der Waals surface area contributed by atoms with Gasteiger partial charge in [-0.25, -0.2) is 0 Å². The summed E-state index contributed by atoms with van der Waals surface area (Å²) in [7, 11) is 4.19. The molecule has 1 saturated heterocycles. The lowest BCUT2D eigenvalue weighted by atomic mass is 10.1. The lowest BCUT2D eigenvalue weighted by Gasteiger charge is -2.23. The molecule has 0 bridgehead atoms. The van der Waals surface area contributed by atoms with Gasteiger partial charge in [-0.15, -0.1) is 0 Å². The Bertz CT molecular complexity index is 255. The van der Waals surface area contributed by atoms with Gasteiger partial charge < -0.3 is 15.1 Å². The highest BCUT2D eigenvalue weighted by atomic mass is 16.2. The lowest BCUT2D eigenvalue weighted by molar-refractivity contribution is -0.130. The predicted octanol–water partition coefficient (Wildman–Crippen LogP) is 0.783. The highest BCUT2D eigenvalue weighted by Crippen LogP contribution is 2.20. The van der Waals surface area contributed by atoms with Gasteiger partial charge in [0.1, 0.15) is 0 Å².